The van der Waals surface area contributed by atoms with Crippen molar-refractivity contribution in [2.24, 2.45) is 0 Å². The van der Waals surface area contributed by atoms with Gasteiger partial charge in [-0.25, -0.2) is 9.67 Å². The van der Waals surface area contributed by atoms with Gasteiger partial charge in [0.1, 0.15) is 5.39 Å². The number of pyridine rings is 1. The van der Waals surface area contributed by atoms with E-state index in [0.29, 0.717) is 17.6 Å². The Kier molecular flexibility index (Phi) is 3.63. The van der Waals surface area contributed by atoms with Crippen LogP contribution in [0.15, 0.2) is 72.2 Å². The third-order valence-electron chi connectivity index (χ3n) is 3.95. The van der Waals surface area contributed by atoms with Crippen LogP contribution in [0.5, 0.6) is 0 Å². The second-order valence-electron chi connectivity index (χ2n) is 5.48. The van der Waals surface area contributed by atoms with E-state index in [9.17, 15) is 4.79 Å². The molecule has 0 amide bonds. The summed E-state index contributed by atoms with van der Waals surface area (Å²) in [4.78, 5) is 21.1. The van der Waals surface area contributed by atoms with Crippen LogP contribution in [0.2, 0.25) is 0 Å². The van der Waals surface area contributed by atoms with Crippen LogP contribution in [-0.2, 0) is 13.0 Å². The van der Waals surface area contributed by atoms with E-state index < -0.39 is 0 Å². The Hall–Kier alpha value is -3.28. The van der Waals surface area contributed by atoms with Crippen molar-refractivity contribution in [1.29, 1.82) is 0 Å². The predicted molar refractivity (Wildman–Crippen MR) is 91.1 cm³/mol. The molecule has 0 spiro atoms. The highest BCUT2D eigenvalue weighted by Gasteiger charge is 2.11. The normalized spacial score (nSPS) is 11.0. The summed E-state index contributed by atoms with van der Waals surface area (Å²) in [6, 6.07) is 13.6. The summed E-state index contributed by atoms with van der Waals surface area (Å²) in [5.74, 6) is 0. The summed E-state index contributed by atoms with van der Waals surface area (Å²) in [5.41, 5.74) is 2.52. The molecule has 0 saturated carbocycles. The standard InChI is InChI=1S/C18H15N5O/c24-18-16-12-21-23(15-4-2-1-3-5-15)17(16)20-13-22(18)11-8-14-6-9-19-10-7-14/h1-7,9-10,12-13H,8,11H2. The van der Waals surface area contributed by atoms with E-state index in [1.54, 1.807) is 34.2 Å². The molecule has 0 saturated heterocycles. The molecular formula is C18H15N5O. The Morgan fingerprint density at radius 3 is 2.58 bits per heavy atom. The second kappa shape index (κ2) is 6.08. The summed E-state index contributed by atoms with van der Waals surface area (Å²) in [6.45, 7) is 0.572. The lowest BCUT2D eigenvalue weighted by atomic mass is 10.2. The van der Waals surface area contributed by atoms with Gasteiger partial charge >= 0.3 is 0 Å². The minimum atomic E-state index is -0.0729. The van der Waals surface area contributed by atoms with Gasteiger partial charge in [-0.2, -0.15) is 5.10 Å². The maximum absolute atomic E-state index is 12.7. The lowest BCUT2D eigenvalue weighted by molar-refractivity contribution is 0.661. The smallest absolute Gasteiger partial charge is 0.264 e. The number of fused-ring (bicyclic) bond motifs is 1. The van der Waals surface area contributed by atoms with Gasteiger partial charge in [-0.05, 0) is 36.2 Å². The first-order chi connectivity index (χ1) is 11.8. The zero-order chi connectivity index (χ0) is 16.4. The highest BCUT2D eigenvalue weighted by Crippen LogP contribution is 2.13. The lowest BCUT2D eigenvalue weighted by Gasteiger charge is -2.06. The van der Waals surface area contributed by atoms with Crippen molar-refractivity contribution in [2.45, 2.75) is 13.0 Å². The average molecular weight is 317 g/mol. The number of benzene rings is 1. The van der Waals surface area contributed by atoms with Gasteiger partial charge in [-0.15, -0.1) is 0 Å². The Labute approximate surface area is 138 Å². The van der Waals surface area contributed by atoms with Crippen molar-refractivity contribution in [3.8, 4) is 5.69 Å². The van der Waals surface area contributed by atoms with Gasteiger partial charge in [-0.3, -0.25) is 14.3 Å². The number of hydrogen-bond donors (Lipinski definition) is 0. The number of para-hydroxylation sites is 1. The van der Waals surface area contributed by atoms with Crippen LogP contribution in [0, 0.1) is 0 Å². The number of hydrogen-bond acceptors (Lipinski definition) is 4. The molecule has 4 rings (SSSR count). The van der Waals surface area contributed by atoms with Crippen molar-refractivity contribution in [3.63, 3.8) is 0 Å². The van der Waals surface area contributed by atoms with E-state index >= 15 is 0 Å². The maximum atomic E-state index is 12.7. The van der Waals surface area contributed by atoms with E-state index in [1.807, 2.05) is 42.5 Å². The molecular weight excluding hydrogens is 302 g/mol. The zero-order valence-corrected chi connectivity index (χ0v) is 12.9. The van der Waals surface area contributed by atoms with Crippen molar-refractivity contribution >= 4 is 11.0 Å². The number of aromatic nitrogens is 5. The molecule has 0 bridgehead atoms. The van der Waals surface area contributed by atoms with E-state index in [4.69, 9.17) is 0 Å². The Bertz CT molecular complexity index is 1020. The molecule has 24 heavy (non-hydrogen) atoms. The topological polar surface area (TPSA) is 65.6 Å². The van der Waals surface area contributed by atoms with Gasteiger partial charge < -0.3 is 0 Å². The molecule has 3 aromatic heterocycles. The fourth-order valence-corrected chi connectivity index (χ4v) is 2.67. The van der Waals surface area contributed by atoms with Crippen LogP contribution in [0.1, 0.15) is 5.56 Å². The average Bonchev–Trinajstić information content (AvgIpc) is 3.08. The molecule has 0 fully saturated rings. The third kappa shape index (κ3) is 2.58. The molecule has 3 heterocycles. The van der Waals surface area contributed by atoms with Gasteiger partial charge in [0, 0.05) is 18.9 Å². The van der Waals surface area contributed by atoms with Crippen LogP contribution in [0.3, 0.4) is 0 Å². The van der Waals surface area contributed by atoms with E-state index in [-0.39, 0.29) is 5.56 Å². The van der Waals surface area contributed by atoms with Crippen LogP contribution in [0.25, 0.3) is 16.7 Å². The quantitative estimate of drug-likeness (QED) is 0.579. The molecule has 6 nitrogen and oxygen atoms in total. The third-order valence-corrected chi connectivity index (χ3v) is 3.95. The van der Waals surface area contributed by atoms with E-state index in [1.165, 1.54) is 0 Å². The van der Waals surface area contributed by atoms with Crippen LogP contribution in [-0.4, -0.2) is 24.3 Å². The molecule has 0 atom stereocenters. The first-order valence-corrected chi connectivity index (χ1v) is 7.70. The fourth-order valence-electron chi connectivity index (χ4n) is 2.67. The highest BCUT2D eigenvalue weighted by atomic mass is 16.1. The molecule has 0 unspecified atom stereocenters. The Morgan fingerprint density at radius 2 is 1.79 bits per heavy atom. The number of rotatable bonds is 4. The molecule has 6 heteroatoms. The van der Waals surface area contributed by atoms with E-state index in [2.05, 4.69) is 15.1 Å². The SMILES string of the molecule is O=c1c2cnn(-c3ccccc3)c2ncn1CCc1ccncc1. The molecule has 118 valence electrons. The lowest BCUT2D eigenvalue weighted by Crippen LogP contribution is -2.21. The molecule has 0 N–H and O–H groups in total. The van der Waals surface area contributed by atoms with Crippen LogP contribution < -0.4 is 5.56 Å². The Balaban J connectivity index is 1.68. The minimum Gasteiger partial charge on any atom is -0.298 e. The second-order valence-corrected chi connectivity index (χ2v) is 5.48. The molecule has 1 aromatic carbocycles. The van der Waals surface area contributed by atoms with Crippen molar-refractivity contribution in [1.82, 2.24) is 24.3 Å². The van der Waals surface area contributed by atoms with Gasteiger partial charge in [-0.1, -0.05) is 18.2 Å². The first-order valence-electron chi connectivity index (χ1n) is 7.70. The fraction of sp³-hybridized carbons (Fsp3) is 0.111. The van der Waals surface area contributed by atoms with Crippen molar-refractivity contribution in [3.05, 3.63) is 83.3 Å². The number of aryl methyl sites for hydroxylation is 2. The van der Waals surface area contributed by atoms with Crippen LogP contribution >= 0.6 is 0 Å². The van der Waals surface area contributed by atoms with Gasteiger partial charge in [0.2, 0.25) is 0 Å². The van der Waals surface area contributed by atoms with Gasteiger partial charge in [0.25, 0.3) is 5.56 Å². The minimum absolute atomic E-state index is 0.0729. The predicted octanol–water partition coefficient (Wildman–Crippen LogP) is 2.22. The van der Waals surface area contributed by atoms with Crippen molar-refractivity contribution < 1.29 is 0 Å². The largest absolute Gasteiger partial charge is 0.298 e. The number of nitrogens with zero attached hydrogens (tertiary/aromatic N) is 5. The highest BCUT2D eigenvalue weighted by molar-refractivity contribution is 5.74. The summed E-state index contributed by atoms with van der Waals surface area (Å²) >= 11 is 0. The molecule has 4 aromatic rings. The summed E-state index contributed by atoms with van der Waals surface area (Å²) in [7, 11) is 0. The monoisotopic (exact) mass is 317 g/mol. The summed E-state index contributed by atoms with van der Waals surface area (Å²) < 4.78 is 3.31. The van der Waals surface area contributed by atoms with Crippen molar-refractivity contribution in [2.75, 3.05) is 0 Å². The van der Waals surface area contributed by atoms with Gasteiger partial charge in [0.05, 0.1) is 18.2 Å². The zero-order valence-electron chi connectivity index (χ0n) is 12.9. The summed E-state index contributed by atoms with van der Waals surface area (Å²) in [6.07, 6.45) is 7.43. The summed E-state index contributed by atoms with van der Waals surface area (Å²) in [5, 5.41) is 4.84. The molecule has 0 aliphatic heterocycles. The maximum Gasteiger partial charge on any atom is 0.264 e. The van der Waals surface area contributed by atoms with E-state index in [0.717, 1.165) is 17.7 Å². The Morgan fingerprint density at radius 1 is 1.00 bits per heavy atom. The molecule has 0 aliphatic rings. The van der Waals surface area contributed by atoms with Gasteiger partial charge in [0.15, 0.2) is 5.65 Å². The first kappa shape index (κ1) is 14.3. The molecule has 0 radical (unpaired) electrons. The molecule has 0 aliphatic carbocycles. The van der Waals surface area contributed by atoms with Crippen LogP contribution in [0.4, 0.5) is 0 Å².